The molecule has 1 saturated carbocycles. The van der Waals surface area contributed by atoms with E-state index in [0.29, 0.717) is 19.4 Å². The van der Waals surface area contributed by atoms with Crippen molar-refractivity contribution in [3.05, 3.63) is 28.8 Å². The summed E-state index contributed by atoms with van der Waals surface area (Å²) < 4.78 is 32.3. The van der Waals surface area contributed by atoms with Crippen molar-refractivity contribution in [1.29, 1.82) is 0 Å². The van der Waals surface area contributed by atoms with Crippen molar-refractivity contribution in [3.63, 3.8) is 0 Å². The second kappa shape index (κ2) is 6.31. The van der Waals surface area contributed by atoms with E-state index in [0.717, 1.165) is 6.07 Å². The standard InChI is InChI=1S/C13H16ClNO5S/c1-2-20-9-5-8(6-9)15-21(18,19)10-3-4-12(14)11(7-10)13(16)17/h3-4,7-9,15H,2,5-6H2,1H3,(H,16,17). The molecule has 8 heteroatoms. The molecule has 2 N–H and O–H groups in total. The van der Waals surface area contributed by atoms with Gasteiger partial charge in [0.15, 0.2) is 0 Å². The minimum Gasteiger partial charge on any atom is -0.478 e. The van der Waals surface area contributed by atoms with Crippen molar-refractivity contribution < 1.29 is 23.1 Å². The van der Waals surface area contributed by atoms with Gasteiger partial charge in [-0.1, -0.05) is 11.6 Å². The number of carbonyl (C=O) groups is 1. The van der Waals surface area contributed by atoms with E-state index in [1.54, 1.807) is 0 Å². The Kier molecular flexibility index (Phi) is 4.88. The van der Waals surface area contributed by atoms with Crippen molar-refractivity contribution in [1.82, 2.24) is 4.72 Å². The average Bonchev–Trinajstić information content (AvgIpc) is 2.36. The maximum atomic E-state index is 12.2. The molecule has 0 saturated heterocycles. The molecule has 0 heterocycles. The van der Waals surface area contributed by atoms with Crippen molar-refractivity contribution in [2.45, 2.75) is 36.8 Å². The molecule has 0 radical (unpaired) electrons. The van der Waals surface area contributed by atoms with Gasteiger partial charge < -0.3 is 9.84 Å². The molecule has 0 aromatic heterocycles. The average molecular weight is 334 g/mol. The summed E-state index contributed by atoms with van der Waals surface area (Å²) in [5, 5.41) is 8.97. The second-order valence-corrected chi connectivity index (χ2v) is 6.93. The summed E-state index contributed by atoms with van der Waals surface area (Å²) in [6, 6.07) is 3.43. The first-order valence-corrected chi connectivity index (χ1v) is 8.36. The first-order chi connectivity index (χ1) is 9.83. The van der Waals surface area contributed by atoms with Gasteiger partial charge in [0.2, 0.25) is 10.0 Å². The van der Waals surface area contributed by atoms with E-state index in [9.17, 15) is 13.2 Å². The number of halogens is 1. The molecular weight excluding hydrogens is 318 g/mol. The van der Waals surface area contributed by atoms with Crippen LogP contribution in [0.4, 0.5) is 0 Å². The quantitative estimate of drug-likeness (QED) is 0.829. The van der Waals surface area contributed by atoms with E-state index >= 15 is 0 Å². The Morgan fingerprint density at radius 3 is 2.71 bits per heavy atom. The molecule has 0 amide bonds. The fourth-order valence-corrected chi connectivity index (χ4v) is 3.64. The summed E-state index contributed by atoms with van der Waals surface area (Å²) in [5.74, 6) is -1.27. The summed E-state index contributed by atoms with van der Waals surface area (Å²) in [4.78, 5) is 10.9. The minimum absolute atomic E-state index is 0.00139. The highest BCUT2D eigenvalue weighted by Gasteiger charge is 2.33. The number of hydrogen-bond acceptors (Lipinski definition) is 4. The van der Waals surface area contributed by atoms with Gasteiger partial charge in [-0.2, -0.15) is 0 Å². The maximum absolute atomic E-state index is 12.2. The molecular formula is C13H16ClNO5S. The van der Waals surface area contributed by atoms with Crippen LogP contribution in [0.1, 0.15) is 30.1 Å². The SMILES string of the molecule is CCOC1CC(NS(=O)(=O)c2ccc(Cl)c(C(=O)O)c2)C1. The number of sulfonamides is 1. The number of benzene rings is 1. The van der Waals surface area contributed by atoms with E-state index < -0.39 is 16.0 Å². The smallest absolute Gasteiger partial charge is 0.337 e. The fourth-order valence-electron chi connectivity index (χ4n) is 2.16. The van der Waals surface area contributed by atoms with E-state index in [1.807, 2.05) is 6.92 Å². The van der Waals surface area contributed by atoms with Crippen LogP contribution in [0.15, 0.2) is 23.1 Å². The van der Waals surface area contributed by atoms with Crippen molar-refractivity contribution in [2.24, 2.45) is 0 Å². The van der Waals surface area contributed by atoms with Crippen LogP contribution in [-0.2, 0) is 14.8 Å². The van der Waals surface area contributed by atoms with Gasteiger partial charge in [-0.25, -0.2) is 17.9 Å². The lowest BCUT2D eigenvalue weighted by atomic mass is 9.90. The maximum Gasteiger partial charge on any atom is 0.337 e. The molecule has 2 rings (SSSR count). The molecule has 1 aliphatic rings. The fraction of sp³-hybridized carbons (Fsp3) is 0.462. The molecule has 0 spiro atoms. The molecule has 1 aliphatic carbocycles. The summed E-state index contributed by atoms with van der Waals surface area (Å²) in [7, 11) is -3.76. The molecule has 21 heavy (non-hydrogen) atoms. The van der Waals surface area contributed by atoms with Crippen LogP contribution in [0.5, 0.6) is 0 Å². The molecule has 1 fully saturated rings. The van der Waals surface area contributed by atoms with Gasteiger partial charge in [0.1, 0.15) is 0 Å². The Morgan fingerprint density at radius 1 is 1.48 bits per heavy atom. The molecule has 116 valence electrons. The normalized spacial score (nSPS) is 21.8. The van der Waals surface area contributed by atoms with Crippen LogP contribution in [0.2, 0.25) is 5.02 Å². The minimum atomic E-state index is -3.76. The molecule has 0 bridgehead atoms. The molecule has 6 nitrogen and oxygen atoms in total. The highest BCUT2D eigenvalue weighted by atomic mass is 35.5. The van der Waals surface area contributed by atoms with E-state index in [4.69, 9.17) is 21.4 Å². The van der Waals surface area contributed by atoms with Crippen LogP contribution >= 0.6 is 11.6 Å². The van der Waals surface area contributed by atoms with Crippen LogP contribution in [0.3, 0.4) is 0 Å². The zero-order chi connectivity index (χ0) is 15.6. The second-order valence-electron chi connectivity index (χ2n) is 4.81. The van der Waals surface area contributed by atoms with Gasteiger partial charge in [-0.15, -0.1) is 0 Å². The number of aromatic carboxylic acids is 1. The highest BCUT2D eigenvalue weighted by molar-refractivity contribution is 7.89. The van der Waals surface area contributed by atoms with E-state index in [2.05, 4.69) is 4.72 Å². The lowest BCUT2D eigenvalue weighted by Crippen LogP contribution is -2.47. The predicted octanol–water partition coefficient (Wildman–Crippen LogP) is 1.88. The van der Waals surface area contributed by atoms with Crippen molar-refractivity contribution in [2.75, 3.05) is 6.61 Å². The summed E-state index contributed by atoms with van der Waals surface area (Å²) in [5.41, 5.74) is -0.236. The van der Waals surface area contributed by atoms with Gasteiger partial charge >= 0.3 is 5.97 Å². The first kappa shape index (κ1) is 16.2. The zero-order valence-electron chi connectivity index (χ0n) is 11.4. The zero-order valence-corrected chi connectivity index (χ0v) is 12.9. The lowest BCUT2D eigenvalue weighted by Gasteiger charge is -2.35. The van der Waals surface area contributed by atoms with Crippen LogP contribution in [-0.4, -0.2) is 38.2 Å². The van der Waals surface area contributed by atoms with Gasteiger partial charge in [0, 0.05) is 12.6 Å². The third-order valence-electron chi connectivity index (χ3n) is 3.30. The van der Waals surface area contributed by atoms with Crippen molar-refractivity contribution >= 4 is 27.6 Å². The van der Waals surface area contributed by atoms with E-state index in [1.165, 1.54) is 12.1 Å². The van der Waals surface area contributed by atoms with Crippen LogP contribution < -0.4 is 4.72 Å². The van der Waals surface area contributed by atoms with E-state index in [-0.39, 0.29) is 27.6 Å². The van der Waals surface area contributed by atoms with Gasteiger partial charge in [-0.3, -0.25) is 0 Å². The predicted molar refractivity (Wildman–Crippen MR) is 77.2 cm³/mol. The van der Waals surface area contributed by atoms with Crippen molar-refractivity contribution in [3.8, 4) is 0 Å². The number of hydrogen-bond donors (Lipinski definition) is 2. The molecule has 0 atom stereocenters. The third-order valence-corrected chi connectivity index (χ3v) is 5.15. The Balaban J connectivity index is 2.10. The summed E-state index contributed by atoms with van der Waals surface area (Å²) in [6.07, 6.45) is 1.32. The molecule has 1 aromatic rings. The largest absolute Gasteiger partial charge is 0.478 e. The van der Waals surface area contributed by atoms with Crippen LogP contribution in [0.25, 0.3) is 0 Å². The Labute approximate surface area is 128 Å². The molecule has 1 aromatic carbocycles. The molecule has 0 unspecified atom stereocenters. The molecule has 0 aliphatic heterocycles. The monoisotopic (exact) mass is 333 g/mol. The number of carboxylic acids is 1. The highest BCUT2D eigenvalue weighted by Crippen LogP contribution is 2.26. The first-order valence-electron chi connectivity index (χ1n) is 6.50. The number of carboxylic acid groups (broad SMARTS) is 1. The number of rotatable bonds is 6. The Hall–Kier alpha value is -1.15. The van der Waals surface area contributed by atoms with Crippen LogP contribution in [0, 0.1) is 0 Å². The Morgan fingerprint density at radius 2 is 2.14 bits per heavy atom. The topological polar surface area (TPSA) is 92.7 Å². The third kappa shape index (κ3) is 3.74. The summed E-state index contributed by atoms with van der Waals surface area (Å²) >= 11 is 5.73. The van der Waals surface area contributed by atoms with Gasteiger partial charge in [-0.05, 0) is 38.0 Å². The van der Waals surface area contributed by atoms with Gasteiger partial charge in [0.05, 0.1) is 21.6 Å². The number of ether oxygens (including phenoxy) is 1. The lowest BCUT2D eigenvalue weighted by molar-refractivity contribution is -0.00476. The summed E-state index contributed by atoms with van der Waals surface area (Å²) in [6.45, 7) is 2.49. The Bertz CT molecular complexity index is 640. The van der Waals surface area contributed by atoms with Gasteiger partial charge in [0.25, 0.3) is 0 Å². The number of nitrogens with one attached hydrogen (secondary N) is 1.